The minimum atomic E-state index is -0.308. The van der Waals surface area contributed by atoms with Crippen molar-refractivity contribution in [2.75, 3.05) is 36.4 Å². The van der Waals surface area contributed by atoms with E-state index in [2.05, 4.69) is 15.5 Å². The number of carbonyl (C=O) groups is 2. The molecule has 2 heterocycles. The van der Waals surface area contributed by atoms with Crippen molar-refractivity contribution in [3.63, 3.8) is 0 Å². The minimum Gasteiger partial charge on any atom is -0.459 e. The third-order valence-electron chi connectivity index (χ3n) is 5.12. The van der Waals surface area contributed by atoms with Crippen LogP contribution in [0.1, 0.15) is 20.9 Å². The summed E-state index contributed by atoms with van der Waals surface area (Å²) < 4.78 is 5.20. The van der Waals surface area contributed by atoms with Gasteiger partial charge in [-0.25, -0.2) is 0 Å². The van der Waals surface area contributed by atoms with Crippen molar-refractivity contribution >= 4 is 52.1 Å². The largest absolute Gasteiger partial charge is 0.459 e. The molecule has 1 aliphatic rings. The van der Waals surface area contributed by atoms with E-state index in [-0.39, 0.29) is 16.9 Å². The van der Waals surface area contributed by atoms with E-state index < -0.39 is 0 Å². The monoisotopic (exact) mass is 468 g/mol. The van der Waals surface area contributed by atoms with Gasteiger partial charge in [-0.2, -0.15) is 0 Å². The lowest BCUT2D eigenvalue weighted by molar-refractivity contribution is 0.0714. The van der Waals surface area contributed by atoms with Crippen LogP contribution in [-0.2, 0) is 0 Å². The maximum absolute atomic E-state index is 12.4. The molecule has 0 radical (unpaired) electrons. The van der Waals surface area contributed by atoms with Crippen LogP contribution in [0.3, 0.4) is 0 Å². The predicted molar refractivity (Wildman–Crippen MR) is 128 cm³/mol. The smallest absolute Gasteiger partial charge is 0.289 e. The van der Waals surface area contributed by atoms with Gasteiger partial charge in [0.25, 0.3) is 11.8 Å². The van der Waals surface area contributed by atoms with Gasteiger partial charge in [-0.05, 0) is 72.9 Å². The van der Waals surface area contributed by atoms with Gasteiger partial charge in [-0.15, -0.1) is 0 Å². The highest BCUT2D eigenvalue weighted by Crippen LogP contribution is 2.20. The lowest BCUT2D eigenvalue weighted by atomic mass is 10.2. The van der Waals surface area contributed by atoms with Crippen LogP contribution in [0, 0.1) is 0 Å². The van der Waals surface area contributed by atoms with E-state index in [0.717, 1.165) is 24.5 Å². The highest BCUT2D eigenvalue weighted by Gasteiger charge is 2.23. The molecule has 0 unspecified atom stereocenters. The van der Waals surface area contributed by atoms with Crippen molar-refractivity contribution in [2.45, 2.75) is 0 Å². The lowest BCUT2D eigenvalue weighted by Crippen LogP contribution is -2.48. The number of nitrogens with zero attached hydrogens (tertiary/aromatic N) is 2. The van der Waals surface area contributed by atoms with E-state index >= 15 is 0 Å². The van der Waals surface area contributed by atoms with Gasteiger partial charge < -0.3 is 19.5 Å². The number of amides is 2. The Hall–Kier alpha value is -3.36. The molecule has 4 rings (SSSR count). The molecule has 164 valence electrons. The van der Waals surface area contributed by atoms with Crippen LogP contribution in [0.2, 0.25) is 5.02 Å². The molecule has 1 aliphatic heterocycles. The molecule has 1 aromatic heterocycles. The van der Waals surface area contributed by atoms with Crippen LogP contribution in [0.15, 0.2) is 71.3 Å². The molecule has 0 aliphatic carbocycles. The quantitative estimate of drug-likeness (QED) is 0.563. The molecule has 1 fully saturated rings. The molecule has 9 heteroatoms. The number of thiocarbonyl (C=S) groups is 1. The van der Waals surface area contributed by atoms with E-state index in [1.54, 1.807) is 41.3 Å². The van der Waals surface area contributed by atoms with Crippen LogP contribution in [0.25, 0.3) is 0 Å². The first-order valence-electron chi connectivity index (χ1n) is 10.1. The highest BCUT2D eigenvalue weighted by atomic mass is 35.5. The summed E-state index contributed by atoms with van der Waals surface area (Å²) in [6.45, 7) is 2.71. The molecule has 3 aromatic rings. The number of nitrogens with one attached hydrogen (secondary N) is 2. The Kier molecular flexibility index (Phi) is 6.72. The third kappa shape index (κ3) is 5.27. The summed E-state index contributed by atoms with van der Waals surface area (Å²) in [5, 5.41) is 6.44. The standard InChI is InChI=1S/C23H21ClN4O3S/c24-17-5-3-16(4-6-17)21(29)26-23(32)25-18-7-9-19(10-8-18)27-11-13-28(14-12-27)22(30)20-2-1-15-31-20/h1-10,15H,11-14H2,(H2,25,26,29,32). The fraction of sp³-hybridized carbons (Fsp3) is 0.174. The van der Waals surface area contributed by atoms with Crippen molar-refractivity contribution in [2.24, 2.45) is 0 Å². The number of hydrogen-bond acceptors (Lipinski definition) is 5. The normalized spacial score (nSPS) is 13.5. The minimum absolute atomic E-state index is 0.0802. The summed E-state index contributed by atoms with van der Waals surface area (Å²) in [4.78, 5) is 28.7. The second-order valence-electron chi connectivity index (χ2n) is 7.22. The van der Waals surface area contributed by atoms with Crippen molar-refractivity contribution in [1.82, 2.24) is 10.2 Å². The molecular weight excluding hydrogens is 448 g/mol. The van der Waals surface area contributed by atoms with Crippen LogP contribution in [0.4, 0.5) is 11.4 Å². The Labute approximate surface area is 195 Å². The van der Waals surface area contributed by atoms with E-state index in [1.807, 2.05) is 24.3 Å². The van der Waals surface area contributed by atoms with Crippen LogP contribution in [0.5, 0.6) is 0 Å². The molecule has 1 saturated heterocycles. The zero-order chi connectivity index (χ0) is 22.5. The first-order chi connectivity index (χ1) is 15.5. The lowest BCUT2D eigenvalue weighted by Gasteiger charge is -2.35. The Morgan fingerprint density at radius 1 is 0.938 bits per heavy atom. The second-order valence-corrected chi connectivity index (χ2v) is 8.06. The van der Waals surface area contributed by atoms with Crippen molar-refractivity contribution < 1.29 is 14.0 Å². The number of anilines is 2. The summed E-state index contributed by atoms with van der Waals surface area (Å²) in [5.41, 5.74) is 2.29. The van der Waals surface area contributed by atoms with Gasteiger partial charge in [0, 0.05) is 48.1 Å². The zero-order valence-corrected chi connectivity index (χ0v) is 18.7. The van der Waals surface area contributed by atoms with Gasteiger partial charge in [-0.3, -0.25) is 14.9 Å². The maximum atomic E-state index is 12.4. The number of hydrogen-bond donors (Lipinski definition) is 2. The second kappa shape index (κ2) is 9.84. The number of furan rings is 1. The van der Waals surface area contributed by atoms with E-state index in [4.69, 9.17) is 28.2 Å². The Bertz CT molecular complexity index is 1090. The van der Waals surface area contributed by atoms with Gasteiger partial charge in [-0.1, -0.05) is 11.6 Å². The molecule has 0 atom stereocenters. The number of rotatable bonds is 4. The fourth-order valence-electron chi connectivity index (χ4n) is 3.42. The summed E-state index contributed by atoms with van der Waals surface area (Å²) in [6, 6.07) is 17.7. The summed E-state index contributed by atoms with van der Waals surface area (Å²) in [5.74, 6) is -0.0193. The number of carbonyl (C=O) groups excluding carboxylic acids is 2. The van der Waals surface area contributed by atoms with E-state index in [0.29, 0.717) is 29.4 Å². The molecule has 2 amide bonds. The van der Waals surface area contributed by atoms with Crippen molar-refractivity contribution in [1.29, 1.82) is 0 Å². The first kappa shape index (κ1) is 21.9. The third-order valence-corrected chi connectivity index (χ3v) is 5.58. The first-order valence-corrected chi connectivity index (χ1v) is 10.8. The number of piperazine rings is 1. The average molecular weight is 469 g/mol. The van der Waals surface area contributed by atoms with Gasteiger partial charge in [0.15, 0.2) is 10.9 Å². The molecule has 2 aromatic carbocycles. The van der Waals surface area contributed by atoms with Gasteiger partial charge in [0.05, 0.1) is 6.26 Å². The summed E-state index contributed by atoms with van der Waals surface area (Å²) in [6.07, 6.45) is 1.51. The predicted octanol–water partition coefficient (Wildman–Crippen LogP) is 4.02. The molecule has 0 saturated carbocycles. The highest BCUT2D eigenvalue weighted by molar-refractivity contribution is 7.80. The molecule has 0 bridgehead atoms. The van der Waals surface area contributed by atoms with Crippen LogP contribution >= 0.6 is 23.8 Å². The Balaban J connectivity index is 1.28. The number of halogens is 1. The average Bonchev–Trinajstić information content (AvgIpc) is 3.34. The molecule has 2 N–H and O–H groups in total. The molecular formula is C23H21ClN4O3S. The maximum Gasteiger partial charge on any atom is 0.289 e. The SMILES string of the molecule is O=C(NC(=S)Nc1ccc(N2CCN(C(=O)c3ccco3)CC2)cc1)c1ccc(Cl)cc1. The van der Waals surface area contributed by atoms with Crippen LogP contribution < -0.4 is 15.5 Å². The van der Waals surface area contributed by atoms with Crippen molar-refractivity contribution in [3.8, 4) is 0 Å². The van der Waals surface area contributed by atoms with Gasteiger partial charge in [0.1, 0.15) is 0 Å². The number of benzene rings is 2. The Morgan fingerprint density at radius 2 is 1.62 bits per heavy atom. The summed E-state index contributed by atoms with van der Waals surface area (Å²) in [7, 11) is 0. The fourth-order valence-corrected chi connectivity index (χ4v) is 3.75. The van der Waals surface area contributed by atoms with E-state index in [1.165, 1.54) is 6.26 Å². The summed E-state index contributed by atoms with van der Waals surface area (Å²) >= 11 is 11.1. The molecule has 7 nitrogen and oxygen atoms in total. The van der Waals surface area contributed by atoms with E-state index in [9.17, 15) is 9.59 Å². The zero-order valence-electron chi connectivity index (χ0n) is 17.1. The molecule has 0 spiro atoms. The van der Waals surface area contributed by atoms with Crippen molar-refractivity contribution in [3.05, 3.63) is 83.3 Å². The van der Waals surface area contributed by atoms with Crippen LogP contribution in [-0.4, -0.2) is 48.0 Å². The van der Waals surface area contributed by atoms with Gasteiger partial charge in [0.2, 0.25) is 0 Å². The topological polar surface area (TPSA) is 77.8 Å². The Morgan fingerprint density at radius 3 is 2.25 bits per heavy atom. The molecule has 32 heavy (non-hydrogen) atoms. The van der Waals surface area contributed by atoms with Gasteiger partial charge >= 0.3 is 0 Å².